The molecule has 5 rings (SSSR count). The maximum absolute atomic E-state index is 12.9. The molecule has 7 nitrogen and oxygen atoms in total. The van der Waals surface area contributed by atoms with Gasteiger partial charge in [0.2, 0.25) is 0 Å². The summed E-state index contributed by atoms with van der Waals surface area (Å²) in [5.74, 6) is 0.192. The lowest BCUT2D eigenvalue weighted by Gasteiger charge is -2.30. The first-order chi connectivity index (χ1) is 15.0. The van der Waals surface area contributed by atoms with Crippen LogP contribution in [0.3, 0.4) is 0 Å². The highest BCUT2D eigenvalue weighted by atomic mass is 35.5. The van der Waals surface area contributed by atoms with Gasteiger partial charge in [0.25, 0.3) is 11.5 Å². The van der Waals surface area contributed by atoms with Crippen molar-refractivity contribution < 1.29 is 9.90 Å². The molecule has 3 heterocycles. The summed E-state index contributed by atoms with van der Waals surface area (Å²) in [6.45, 7) is 0.477. The van der Waals surface area contributed by atoms with Crippen LogP contribution < -0.4 is 5.56 Å². The third-order valence-electron chi connectivity index (χ3n) is 6.16. The van der Waals surface area contributed by atoms with Crippen molar-refractivity contribution in [3.8, 4) is 0 Å². The minimum Gasteiger partial charge on any atom is -0.377 e. The molecule has 1 atom stereocenters. The molecule has 1 saturated carbocycles. The summed E-state index contributed by atoms with van der Waals surface area (Å²) >= 11 is 5.87. The molecule has 2 aliphatic rings. The Balaban J connectivity index is 1.40. The van der Waals surface area contributed by atoms with E-state index in [-0.39, 0.29) is 28.4 Å². The Morgan fingerprint density at radius 1 is 1.13 bits per heavy atom. The molecular weight excluding hydrogens is 416 g/mol. The van der Waals surface area contributed by atoms with E-state index in [4.69, 9.17) is 16.6 Å². The molecule has 1 aliphatic heterocycles. The Labute approximate surface area is 183 Å². The Morgan fingerprint density at radius 3 is 2.61 bits per heavy atom. The lowest BCUT2D eigenvalue weighted by atomic mass is 9.94. The van der Waals surface area contributed by atoms with Gasteiger partial charge in [-0.15, -0.1) is 0 Å². The van der Waals surface area contributed by atoms with Crippen LogP contribution in [-0.2, 0) is 23.2 Å². The largest absolute Gasteiger partial charge is 0.377 e. The highest BCUT2D eigenvalue weighted by Crippen LogP contribution is 2.51. The average molecular weight is 437 g/mol. The van der Waals surface area contributed by atoms with Crippen LogP contribution in [0.2, 0.25) is 5.15 Å². The van der Waals surface area contributed by atoms with Crippen LogP contribution in [0.15, 0.2) is 53.3 Å². The monoisotopic (exact) mass is 436 g/mol. The Kier molecular flexibility index (Phi) is 4.87. The molecule has 8 heteroatoms. The fraction of sp³-hybridized carbons (Fsp3) is 0.304. The summed E-state index contributed by atoms with van der Waals surface area (Å²) in [5.41, 5.74) is 2.08. The molecule has 1 unspecified atom stereocenters. The zero-order valence-corrected chi connectivity index (χ0v) is 17.5. The van der Waals surface area contributed by atoms with Gasteiger partial charge in [-0.3, -0.25) is 9.59 Å². The van der Waals surface area contributed by atoms with Gasteiger partial charge >= 0.3 is 0 Å². The smallest absolute Gasteiger partial charge is 0.257 e. The van der Waals surface area contributed by atoms with Crippen LogP contribution in [0, 0.1) is 0 Å². The van der Waals surface area contributed by atoms with E-state index < -0.39 is 12.0 Å². The minimum atomic E-state index is -1.43. The predicted molar refractivity (Wildman–Crippen MR) is 115 cm³/mol. The van der Waals surface area contributed by atoms with Crippen molar-refractivity contribution in [3.63, 3.8) is 0 Å². The lowest BCUT2D eigenvalue weighted by molar-refractivity contribution is -0.141. The number of carbonyl (C=O) groups is 1. The summed E-state index contributed by atoms with van der Waals surface area (Å²) in [4.78, 5) is 39.0. The van der Waals surface area contributed by atoms with Gasteiger partial charge < -0.3 is 15.0 Å². The number of H-pyrrole nitrogens is 1. The topological polar surface area (TPSA) is 99.2 Å². The van der Waals surface area contributed by atoms with E-state index in [0.29, 0.717) is 24.4 Å². The number of halogens is 1. The van der Waals surface area contributed by atoms with Crippen molar-refractivity contribution in [3.05, 3.63) is 92.4 Å². The number of nitrogens with zero attached hydrogens (tertiary/aromatic N) is 3. The number of aliphatic hydroxyl groups is 1. The first-order valence-corrected chi connectivity index (χ1v) is 10.6. The molecule has 0 radical (unpaired) electrons. The third kappa shape index (κ3) is 3.54. The standard InChI is InChI=1S/C23H21ClN4O3/c24-18-8-4-7-17(25-18)19(29)21(31)28-12-9-16-15(13-28)20(30)27-22(26-16)23(10-11-23)14-5-2-1-3-6-14/h1-8,19,29H,9-13H2,(H,26,27,30). The fourth-order valence-electron chi connectivity index (χ4n) is 4.26. The first kappa shape index (κ1) is 19.9. The number of aliphatic hydroxyl groups excluding tert-OH is 1. The highest BCUT2D eigenvalue weighted by Gasteiger charge is 2.48. The number of carbonyl (C=O) groups excluding carboxylic acids is 1. The summed E-state index contributed by atoms with van der Waals surface area (Å²) < 4.78 is 0. The third-order valence-corrected chi connectivity index (χ3v) is 6.37. The molecule has 0 saturated heterocycles. The van der Waals surface area contributed by atoms with Crippen molar-refractivity contribution in [1.82, 2.24) is 19.9 Å². The van der Waals surface area contributed by atoms with E-state index in [1.807, 2.05) is 18.2 Å². The van der Waals surface area contributed by atoms with Gasteiger partial charge in [0.1, 0.15) is 11.0 Å². The van der Waals surface area contributed by atoms with E-state index >= 15 is 0 Å². The predicted octanol–water partition coefficient (Wildman–Crippen LogP) is 2.52. The fourth-order valence-corrected chi connectivity index (χ4v) is 4.43. The van der Waals surface area contributed by atoms with Gasteiger partial charge in [-0.1, -0.05) is 48.0 Å². The summed E-state index contributed by atoms with van der Waals surface area (Å²) in [6.07, 6.45) is 0.919. The zero-order valence-electron chi connectivity index (χ0n) is 16.7. The number of hydrogen-bond donors (Lipinski definition) is 2. The minimum absolute atomic E-state index is 0.104. The van der Waals surface area contributed by atoms with Crippen LogP contribution in [0.4, 0.5) is 0 Å². The molecular formula is C23H21ClN4O3. The van der Waals surface area contributed by atoms with Gasteiger partial charge in [-0.05, 0) is 30.5 Å². The van der Waals surface area contributed by atoms with Gasteiger partial charge in [-0.25, -0.2) is 9.97 Å². The number of pyridine rings is 1. The number of benzene rings is 1. The molecule has 1 aromatic carbocycles. The van der Waals surface area contributed by atoms with E-state index in [1.165, 1.54) is 4.90 Å². The number of hydrogen-bond acceptors (Lipinski definition) is 5. The number of amides is 1. The van der Waals surface area contributed by atoms with E-state index in [9.17, 15) is 14.7 Å². The SMILES string of the molecule is O=C(C(O)c1cccc(Cl)n1)N1CCc2nc(C3(c4ccccc4)CC3)[nH]c(=O)c2C1. The second-order valence-corrected chi connectivity index (χ2v) is 8.47. The molecule has 158 valence electrons. The number of nitrogens with one attached hydrogen (secondary N) is 1. The zero-order chi connectivity index (χ0) is 21.6. The maximum atomic E-state index is 12.9. The van der Waals surface area contributed by atoms with Crippen LogP contribution in [0.1, 0.15) is 47.3 Å². The summed E-state index contributed by atoms with van der Waals surface area (Å²) in [7, 11) is 0. The number of rotatable bonds is 4. The van der Waals surface area contributed by atoms with Crippen LogP contribution in [-0.4, -0.2) is 37.4 Å². The van der Waals surface area contributed by atoms with Crippen molar-refractivity contribution in [2.75, 3.05) is 6.54 Å². The quantitative estimate of drug-likeness (QED) is 0.612. The van der Waals surface area contributed by atoms with Gasteiger partial charge in [0.15, 0.2) is 6.10 Å². The Hall–Kier alpha value is -3.03. The summed E-state index contributed by atoms with van der Waals surface area (Å²) in [5, 5.41) is 10.7. The Morgan fingerprint density at radius 2 is 1.90 bits per heavy atom. The molecule has 2 N–H and O–H groups in total. The molecule has 3 aromatic rings. The molecule has 2 aromatic heterocycles. The van der Waals surface area contributed by atoms with E-state index in [1.54, 1.807) is 18.2 Å². The maximum Gasteiger partial charge on any atom is 0.257 e. The molecule has 0 bridgehead atoms. The number of aromatic amines is 1. The number of fused-ring (bicyclic) bond motifs is 1. The van der Waals surface area contributed by atoms with Crippen LogP contribution in [0.25, 0.3) is 0 Å². The molecule has 31 heavy (non-hydrogen) atoms. The van der Waals surface area contributed by atoms with Crippen molar-refractivity contribution in [2.24, 2.45) is 0 Å². The highest BCUT2D eigenvalue weighted by molar-refractivity contribution is 6.29. The summed E-state index contributed by atoms with van der Waals surface area (Å²) in [6, 6.07) is 14.8. The Bertz CT molecular complexity index is 1210. The van der Waals surface area contributed by atoms with E-state index in [0.717, 1.165) is 24.1 Å². The normalized spacial score (nSPS) is 17.7. The molecule has 1 aliphatic carbocycles. The molecule has 1 amide bonds. The average Bonchev–Trinajstić information content (AvgIpc) is 3.61. The molecule has 1 fully saturated rings. The molecule has 0 spiro atoms. The van der Waals surface area contributed by atoms with Crippen molar-refractivity contribution in [1.29, 1.82) is 0 Å². The van der Waals surface area contributed by atoms with Crippen molar-refractivity contribution in [2.45, 2.75) is 37.3 Å². The van der Waals surface area contributed by atoms with E-state index in [2.05, 4.69) is 22.1 Å². The second-order valence-electron chi connectivity index (χ2n) is 8.09. The van der Waals surface area contributed by atoms with Crippen LogP contribution in [0.5, 0.6) is 0 Å². The van der Waals surface area contributed by atoms with Gasteiger partial charge in [0, 0.05) is 13.0 Å². The van der Waals surface area contributed by atoms with Crippen LogP contribution >= 0.6 is 11.6 Å². The van der Waals surface area contributed by atoms with Crippen molar-refractivity contribution >= 4 is 17.5 Å². The lowest BCUT2D eigenvalue weighted by Crippen LogP contribution is -2.42. The van der Waals surface area contributed by atoms with Gasteiger partial charge in [0.05, 0.1) is 28.9 Å². The number of aromatic nitrogens is 3. The second kappa shape index (κ2) is 7.59. The first-order valence-electron chi connectivity index (χ1n) is 10.3. The van der Waals surface area contributed by atoms with Gasteiger partial charge in [-0.2, -0.15) is 0 Å².